The van der Waals surface area contributed by atoms with Crippen LogP contribution in [0.25, 0.3) is 0 Å². The fourth-order valence-electron chi connectivity index (χ4n) is 1.83. The minimum Gasteiger partial charge on any atom is -0.505 e. The van der Waals surface area contributed by atoms with Crippen molar-refractivity contribution in [2.75, 3.05) is 11.4 Å². The fourth-order valence-corrected chi connectivity index (χ4v) is 1.83. The smallest absolute Gasteiger partial charge is 0.225 e. The topological polar surface area (TPSA) is 67.1 Å². The summed E-state index contributed by atoms with van der Waals surface area (Å²) in [5.41, 5.74) is 1.16. The molecule has 2 aromatic rings. The molecule has 3 heterocycles. The third-order valence-electron chi connectivity index (χ3n) is 2.65. The monoisotopic (exact) mass is 217 g/mol. The Morgan fingerprint density at radius 2 is 2.00 bits per heavy atom. The number of hydrogen-bond donors (Lipinski definition) is 1. The Balaban J connectivity index is 1.86. The van der Waals surface area contributed by atoms with E-state index < -0.39 is 0 Å². The summed E-state index contributed by atoms with van der Waals surface area (Å²) in [5, 5.41) is 13.3. The van der Waals surface area contributed by atoms with Crippen molar-refractivity contribution in [2.45, 2.75) is 13.1 Å². The van der Waals surface area contributed by atoms with Gasteiger partial charge in [0.25, 0.3) is 0 Å². The van der Waals surface area contributed by atoms with E-state index >= 15 is 0 Å². The van der Waals surface area contributed by atoms with Gasteiger partial charge in [0.05, 0.1) is 31.2 Å². The van der Waals surface area contributed by atoms with E-state index in [-0.39, 0.29) is 5.75 Å². The Hall–Kier alpha value is -2.11. The summed E-state index contributed by atoms with van der Waals surface area (Å²) in [7, 11) is 0. The van der Waals surface area contributed by atoms with E-state index in [0.717, 1.165) is 25.3 Å². The molecule has 0 saturated carbocycles. The molecular weight excluding hydrogens is 206 g/mol. The third-order valence-corrected chi connectivity index (χ3v) is 2.65. The minimum absolute atomic E-state index is 0.0887. The Bertz CT molecular complexity index is 492. The van der Waals surface area contributed by atoms with Gasteiger partial charge in [-0.25, -0.2) is 9.97 Å². The van der Waals surface area contributed by atoms with E-state index in [1.807, 2.05) is 10.7 Å². The number of hydrogen-bond acceptors (Lipinski definition) is 5. The molecule has 2 aromatic heterocycles. The normalized spacial score (nSPS) is 14.9. The number of aromatic hydroxyl groups is 1. The van der Waals surface area contributed by atoms with Crippen LogP contribution in [0.1, 0.15) is 5.69 Å². The average Bonchev–Trinajstić information content (AvgIpc) is 2.77. The van der Waals surface area contributed by atoms with E-state index in [1.54, 1.807) is 6.20 Å². The second kappa shape index (κ2) is 3.48. The molecule has 0 fully saturated rings. The van der Waals surface area contributed by atoms with Gasteiger partial charge in [0.2, 0.25) is 5.95 Å². The first kappa shape index (κ1) is 9.14. The molecule has 0 unspecified atom stereocenters. The molecule has 0 aliphatic carbocycles. The van der Waals surface area contributed by atoms with Crippen molar-refractivity contribution in [1.29, 1.82) is 0 Å². The number of fused-ring (bicyclic) bond motifs is 1. The lowest BCUT2D eigenvalue weighted by molar-refractivity contribution is 0.467. The van der Waals surface area contributed by atoms with Crippen LogP contribution >= 0.6 is 0 Å². The van der Waals surface area contributed by atoms with Crippen LogP contribution in [0, 0.1) is 0 Å². The third kappa shape index (κ3) is 1.48. The molecule has 0 aromatic carbocycles. The van der Waals surface area contributed by atoms with E-state index in [9.17, 15) is 0 Å². The predicted octanol–water partition coefficient (Wildman–Crippen LogP) is 0.399. The Labute approximate surface area is 92.2 Å². The van der Waals surface area contributed by atoms with Gasteiger partial charge in [0, 0.05) is 12.7 Å². The molecular formula is C10H11N5O. The van der Waals surface area contributed by atoms with Crippen molar-refractivity contribution < 1.29 is 5.11 Å². The first-order valence-corrected chi connectivity index (χ1v) is 5.09. The molecule has 6 heteroatoms. The van der Waals surface area contributed by atoms with Crippen molar-refractivity contribution in [3.63, 3.8) is 0 Å². The average molecular weight is 217 g/mol. The van der Waals surface area contributed by atoms with Crippen molar-refractivity contribution in [3.05, 3.63) is 30.4 Å². The zero-order valence-electron chi connectivity index (χ0n) is 8.61. The molecule has 0 atom stereocenters. The van der Waals surface area contributed by atoms with E-state index in [0.29, 0.717) is 5.95 Å². The highest BCUT2D eigenvalue weighted by molar-refractivity contribution is 5.33. The molecule has 6 nitrogen and oxygen atoms in total. The molecule has 3 rings (SSSR count). The molecule has 0 amide bonds. The Kier molecular flexibility index (Phi) is 1.99. The van der Waals surface area contributed by atoms with Crippen LogP contribution in [0.4, 0.5) is 5.95 Å². The standard InChI is InChI=1S/C10H11N5O/c16-9-5-11-10(12-6-9)14-3-4-15-8(7-14)1-2-13-15/h1-2,5-6,16H,3-4,7H2. The zero-order valence-corrected chi connectivity index (χ0v) is 8.61. The number of aromatic nitrogens is 4. The van der Waals surface area contributed by atoms with Crippen molar-refractivity contribution in [2.24, 2.45) is 0 Å². The van der Waals surface area contributed by atoms with Gasteiger partial charge in [-0.1, -0.05) is 0 Å². The van der Waals surface area contributed by atoms with Gasteiger partial charge in [-0.3, -0.25) is 4.68 Å². The molecule has 0 spiro atoms. The van der Waals surface area contributed by atoms with Gasteiger partial charge in [-0.05, 0) is 6.07 Å². The summed E-state index contributed by atoms with van der Waals surface area (Å²) in [4.78, 5) is 10.3. The first-order chi connectivity index (χ1) is 7.83. The molecule has 82 valence electrons. The lowest BCUT2D eigenvalue weighted by atomic mass is 10.3. The summed E-state index contributed by atoms with van der Waals surface area (Å²) in [6.45, 7) is 2.43. The van der Waals surface area contributed by atoms with Crippen molar-refractivity contribution in [3.8, 4) is 5.75 Å². The van der Waals surface area contributed by atoms with Crippen LogP contribution in [-0.4, -0.2) is 31.4 Å². The van der Waals surface area contributed by atoms with E-state index in [4.69, 9.17) is 5.11 Å². The van der Waals surface area contributed by atoms with Crippen molar-refractivity contribution in [1.82, 2.24) is 19.7 Å². The Morgan fingerprint density at radius 3 is 2.81 bits per heavy atom. The summed E-state index contributed by atoms with van der Waals surface area (Å²) < 4.78 is 1.98. The summed E-state index contributed by atoms with van der Waals surface area (Å²) in [6, 6.07) is 1.99. The molecule has 1 N–H and O–H groups in total. The maximum atomic E-state index is 9.12. The maximum Gasteiger partial charge on any atom is 0.225 e. The summed E-state index contributed by atoms with van der Waals surface area (Å²) in [5.74, 6) is 0.732. The molecule has 0 bridgehead atoms. The Morgan fingerprint density at radius 1 is 1.19 bits per heavy atom. The van der Waals surface area contributed by atoms with E-state index in [2.05, 4.69) is 20.0 Å². The second-order valence-corrected chi connectivity index (χ2v) is 3.71. The maximum absolute atomic E-state index is 9.12. The van der Waals surface area contributed by atoms with Gasteiger partial charge in [-0.2, -0.15) is 5.10 Å². The fraction of sp³-hybridized carbons (Fsp3) is 0.300. The highest BCUT2D eigenvalue weighted by Gasteiger charge is 2.18. The lowest BCUT2D eigenvalue weighted by Crippen LogP contribution is -2.34. The number of rotatable bonds is 1. The molecule has 16 heavy (non-hydrogen) atoms. The lowest BCUT2D eigenvalue weighted by Gasteiger charge is -2.27. The largest absolute Gasteiger partial charge is 0.505 e. The zero-order chi connectivity index (χ0) is 11.0. The molecule has 0 saturated heterocycles. The van der Waals surface area contributed by atoms with Gasteiger partial charge in [0.1, 0.15) is 0 Å². The van der Waals surface area contributed by atoms with Gasteiger partial charge >= 0.3 is 0 Å². The van der Waals surface area contributed by atoms with Gasteiger partial charge in [0.15, 0.2) is 5.75 Å². The summed E-state index contributed by atoms with van der Waals surface area (Å²) in [6.07, 6.45) is 4.62. The van der Waals surface area contributed by atoms with Crippen LogP contribution in [0.2, 0.25) is 0 Å². The molecule has 1 aliphatic rings. The SMILES string of the molecule is Oc1cnc(N2CCn3nccc3C2)nc1. The second-order valence-electron chi connectivity index (χ2n) is 3.71. The highest BCUT2D eigenvalue weighted by atomic mass is 16.3. The van der Waals surface area contributed by atoms with Crippen LogP contribution in [0.15, 0.2) is 24.7 Å². The minimum atomic E-state index is 0.0887. The quantitative estimate of drug-likeness (QED) is 0.748. The molecule has 1 aliphatic heterocycles. The van der Waals surface area contributed by atoms with Crippen LogP contribution in [0.5, 0.6) is 5.75 Å². The predicted molar refractivity (Wildman–Crippen MR) is 57.0 cm³/mol. The van der Waals surface area contributed by atoms with Gasteiger partial charge in [-0.15, -0.1) is 0 Å². The highest BCUT2D eigenvalue weighted by Crippen LogP contribution is 2.17. The number of anilines is 1. The first-order valence-electron chi connectivity index (χ1n) is 5.09. The van der Waals surface area contributed by atoms with Crippen LogP contribution in [-0.2, 0) is 13.1 Å². The number of nitrogens with zero attached hydrogens (tertiary/aromatic N) is 5. The van der Waals surface area contributed by atoms with Crippen LogP contribution in [0.3, 0.4) is 0 Å². The van der Waals surface area contributed by atoms with Crippen LogP contribution < -0.4 is 4.90 Å². The van der Waals surface area contributed by atoms with Gasteiger partial charge < -0.3 is 10.0 Å². The van der Waals surface area contributed by atoms with Crippen molar-refractivity contribution >= 4 is 5.95 Å². The summed E-state index contributed by atoms with van der Waals surface area (Å²) >= 11 is 0. The molecule has 0 radical (unpaired) electrons. The van der Waals surface area contributed by atoms with E-state index in [1.165, 1.54) is 12.4 Å².